The van der Waals surface area contributed by atoms with Crippen molar-refractivity contribution in [2.75, 3.05) is 0 Å². The summed E-state index contributed by atoms with van der Waals surface area (Å²) < 4.78 is 13.5. The summed E-state index contributed by atoms with van der Waals surface area (Å²) >= 11 is 0. The molecule has 3 heteroatoms. The second kappa shape index (κ2) is 7.49. The van der Waals surface area contributed by atoms with Gasteiger partial charge in [0.05, 0.1) is 6.10 Å². The Labute approximate surface area is 154 Å². The predicted octanol–water partition coefficient (Wildman–Crippen LogP) is 5.83. The van der Waals surface area contributed by atoms with Crippen LogP contribution < -0.4 is 0 Å². The highest BCUT2D eigenvalue weighted by Crippen LogP contribution is 2.56. The second-order valence-electron chi connectivity index (χ2n) is 8.81. The van der Waals surface area contributed by atoms with Gasteiger partial charge in [0.15, 0.2) is 0 Å². The van der Waals surface area contributed by atoms with Crippen molar-refractivity contribution in [3.05, 3.63) is 48.6 Å². The van der Waals surface area contributed by atoms with Crippen LogP contribution >= 0.6 is 0 Å². The van der Waals surface area contributed by atoms with E-state index in [0.717, 1.165) is 18.4 Å². The fraction of sp³-hybridized carbons (Fsp3) is 0.545. The van der Waals surface area contributed by atoms with E-state index < -0.39 is 8.56 Å². The number of rotatable bonds is 3. The van der Waals surface area contributed by atoms with Crippen LogP contribution in [-0.2, 0) is 8.85 Å². The van der Waals surface area contributed by atoms with Gasteiger partial charge in [-0.25, -0.2) is 0 Å². The molecule has 2 atom stereocenters. The van der Waals surface area contributed by atoms with Crippen molar-refractivity contribution < 1.29 is 8.85 Å². The lowest BCUT2D eigenvalue weighted by Crippen LogP contribution is -2.54. The summed E-state index contributed by atoms with van der Waals surface area (Å²) in [6.45, 7) is 17.3. The van der Waals surface area contributed by atoms with Crippen LogP contribution in [0.4, 0.5) is 0 Å². The van der Waals surface area contributed by atoms with Gasteiger partial charge in [-0.15, -0.1) is 6.58 Å². The summed E-state index contributed by atoms with van der Waals surface area (Å²) in [6, 6.07) is 10.1. The molecule has 0 N–H and O–H groups in total. The van der Waals surface area contributed by atoms with E-state index in [4.69, 9.17) is 8.85 Å². The Hall–Kier alpha value is -1.34. The molecule has 1 aliphatic heterocycles. The van der Waals surface area contributed by atoms with E-state index in [1.165, 1.54) is 0 Å². The first-order chi connectivity index (χ1) is 11.6. The minimum atomic E-state index is -2.49. The predicted molar refractivity (Wildman–Crippen MR) is 108 cm³/mol. The maximum atomic E-state index is 6.75. The molecule has 0 aromatic heterocycles. The largest absolute Gasteiger partial charge is 0.387 e. The van der Waals surface area contributed by atoms with Crippen LogP contribution in [0.3, 0.4) is 0 Å². The van der Waals surface area contributed by atoms with Crippen LogP contribution in [0.15, 0.2) is 43.0 Å². The van der Waals surface area contributed by atoms with Crippen molar-refractivity contribution in [2.45, 2.75) is 76.7 Å². The molecule has 136 valence electrons. The Balaban J connectivity index is 2.37. The molecule has 1 aromatic carbocycles. The first-order valence-electron chi connectivity index (χ1n) is 9.14. The molecule has 1 saturated heterocycles. The van der Waals surface area contributed by atoms with E-state index >= 15 is 0 Å². The van der Waals surface area contributed by atoms with Crippen molar-refractivity contribution in [2.24, 2.45) is 0 Å². The summed E-state index contributed by atoms with van der Waals surface area (Å²) in [5.41, 5.74) is 1.01. The Morgan fingerprint density at radius 2 is 1.64 bits per heavy atom. The molecule has 1 heterocycles. The maximum absolute atomic E-state index is 6.75. The molecule has 1 aliphatic rings. The first-order valence-corrected chi connectivity index (χ1v) is 11.0. The molecule has 0 amide bonds. The summed E-state index contributed by atoms with van der Waals surface area (Å²) in [4.78, 5) is 0. The summed E-state index contributed by atoms with van der Waals surface area (Å²) in [5.74, 6) is 6.63. The van der Waals surface area contributed by atoms with E-state index in [-0.39, 0.29) is 22.3 Å². The van der Waals surface area contributed by atoms with Crippen molar-refractivity contribution in [1.29, 1.82) is 0 Å². The van der Waals surface area contributed by atoms with Gasteiger partial charge < -0.3 is 8.85 Å². The minimum absolute atomic E-state index is 0.0133. The van der Waals surface area contributed by atoms with Gasteiger partial charge in [0, 0.05) is 15.6 Å². The highest BCUT2D eigenvalue weighted by molar-refractivity contribution is 6.74. The van der Waals surface area contributed by atoms with Gasteiger partial charge in [-0.3, -0.25) is 0 Å². The van der Waals surface area contributed by atoms with E-state index in [1.54, 1.807) is 0 Å². The lowest BCUT2D eigenvalue weighted by atomic mass is 10.1. The molecule has 25 heavy (non-hydrogen) atoms. The van der Waals surface area contributed by atoms with Crippen LogP contribution in [0.1, 0.15) is 59.9 Å². The number of benzene rings is 1. The Kier molecular flexibility index (Phi) is 5.99. The standard InChI is InChI=1S/C22H32O2Si/c1-8-9-15-19-20(17-16-18-13-11-10-12-14-18)24-25(23-19,21(2,3)4)22(5,6)7/h8,10-14,19-20H,1,9,15H2,2-7H3/t19-,20-/m0/s1. The Morgan fingerprint density at radius 3 is 2.16 bits per heavy atom. The minimum Gasteiger partial charge on any atom is -0.387 e. The zero-order valence-corrected chi connectivity index (χ0v) is 17.6. The second-order valence-corrected chi connectivity index (χ2v) is 13.5. The first kappa shape index (κ1) is 20.0. The lowest BCUT2D eigenvalue weighted by Gasteiger charge is -2.45. The molecule has 0 radical (unpaired) electrons. The molecular formula is C22H32O2Si. The molecule has 2 rings (SSSR count). The van der Waals surface area contributed by atoms with Gasteiger partial charge in [0.2, 0.25) is 0 Å². The highest BCUT2D eigenvalue weighted by Gasteiger charge is 2.64. The molecule has 0 spiro atoms. The molecule has 0 unspecified atom stereocenters. The molecule has 0 aliphatic carbocycles. The van der Waals surface area contributed by atoms with Crippen molar-refractivity contribution in [3.63, 3.8) is 0 Å². The molecule has 0 saturated carbocycles. The van der Waals surface area contributed by atoms with Crippen molar-refractivity contribution in [1.82, 2.24) is 0 Å². The zero-order chi connectivity index (χ0) is 18.7. The van der Waals surface area contributed by atoms with Gasteiger partial charge >= 0.3 is 8.56 Å². The van der Waals surface area contributed by atoms with Gasteiger partial charge in [0.25, 0.3) is 0 Å². The number of hydrogen-bond acceptors (Lipinski definition) is 2. The maximum Gasteiger partial charge on any atom is 0.350 e. The van der Waals surface area contributed by atoms with Crippen LogP contribution in [0.25, 0.3) is 0 Å². The van der Waals surface area contributed by atoms with Crippen molar-refractivity contribution >= 4 is 8.56 Å². The van der Waals surface area contributed by atoms with Crippen LogP contribution in [-0.4, -0.2) is 20.8 Å². The van der Waals surface area contributed by atoms with E-state index in [1.807, 2.05) is 36.4 Å². The molecular weight excluding hydrogens is 324 g/mol. The third-order valence-corrected chi connectivity index (χ3v) is 9.88. The van der Waals surface area contributed by atoms with Crippen LogP contribution in [0.2, 0.25) is 10.1 Å². The number of hydrogen-bond donors (Lipinski definition) is 0. The van der Waals surface area contributed by atoms with Gasteiger partial charge in [-0.2, -0.15) is 0 Å². The monoisotopic (exact) mass is 356 g/mol. The quantitative estimate of drug-likeness (QED) is 0.385. The molecule has 1 aromatic rings. The normalized spacial score (nSPS) is 23.0. The molecule has 1 fully saturated rings. The third-order valence-electron chi connectivity index (χ3n) is 4.71. The van der Waals surface area contributed by atoms with Gasteiger partial charge in [-0.1, -0.05) is 77.7 Å². The Morgan fingerprint density at radius 1 is 1.04 bits per heavy atom. The third kappa shape index (κ3) is 4.26. The molecule has 2 nitrogen and oxygen atoms in total. The summed E-state index contributed by atoms with van der Waals surface area (Å²) in [6.07, 6.45) is 3.60. The van der Waals surface area contributed by atoms with E-state index in [0.29, 0.717) is 0 Å². The summed E-state index contributed by atoms with van der Waals surface area (Å²) in [5, 5.41) is -0.0539. The fourth-order valence-electron chi connectivity index (χ4n) is 3.68. The zero-order valence-electron chi connectivity index (χ0n) is 16.6. The van der Waals surface area contributed by atoms with Crippen LogP contribution in [0.5, 0.6) is 0 Å². The highest BCUT2D eigenvalue weighted by atomic mass is 28.4. The average molecular weight is 357 g/mol. The van der Waals surface area contributed by atoms with E-state index in [9.17, 15) is 0 Å². The average Bonchev–Trinajstić information content (AvgIpc) is 2.92. The van der Waals surface area contributed by atoms with Crippen LogP contribution in [0, 0.1) is 11.8 Å². The lowest BCUT2D eigenvalue weighted by molar-refractivity contribution is 0.182. The fourth-order valence-corrected chi connectivity index (χ4v) is 8.64. The van der Waals surface area contributed by atoms with Gasteiger partial charge in [-0.05, 0) is 25.0 Å². The smallest absolute Gasteiger partial charge is 0.350 e. The van der Waals surface area contributed by atoms with Crippen molar-refractivity contribution in [3.8, 4) is 11.8 Å². The SMILES string of the molecule is C=CCC[C@@H]1O[Si](C(C)(C)C)(C(C)(C)C)O[C@H]1C#Cc1ccccc1. The van der Waals surface area contributed by atoms with Gasteiger partial charge in [0.1, 0.15) is 6.10 Å². The number of allylic oxidation sites excluding steroid dienone is 1. The molecule has 0 bridgehead atoms. The summed E-state index contributed by atoms with van der Waals surface area (Å²) in [7, 11) is -2.49. The topological polar surface area (TPSA) is 18.5 Å². The Bertz CT molecular complexity index is 627. The van der Waals surface area contributed by atoms with E-state index in [2.05, 4.69) is 60.0 Å².